The van der Waals surface area contributed by atoms with Crippen molar-refractivity contribution in [3.05, 3.63) is 95.1 Å². The number of hydrogen-bond donors (Lipinski definition) is 1. The topological polar surface area (TPSA) is 86.2 Å². The number of thioether (sulfide) groups is 1. The zero-order valence-electron chi connectivity index (χ0n) is 18.7. The van der Waals surface area contributed by atoms with Crippen LogP contribution in [0.25, 0.3) is 11.3 Å². The van der Waals surface area contributed by atoms with Gasteiger partial charge in [0.15, 0.2) is 11.9 Å². The van der Waals surface area contributed by atoms with Crippen molar-refractivity contribution in [2.24, 2.45) is 0 Å². The number of nitrogens with one attached hydrogen (secondary N) is 1. The predicted molar refractivity (Wildman–Crippen MR) is 131 cm³/mol. The van der Waals surface area contributed by atoms with Gasteiger partial charge in [0.25, 0.3) is 0 Å². The highest BCUT2D eigenvalue weighted by Gasteiger charge is 2.26. The van der Waals surface area contributed by atoms with Crippen LogP contribution in [-0.2, 0) is 10.5 Å². The minimum absolute atomic E-state index is 0.385. The molecule has 0 aliphatic carbocycles. The first kappa shape index (κ1) is 21.9. The van der Waals surface area contributed by atoms with E-state index >= 15 is 0 Å². The second kappa shape index (κ2) is 9.52. The molecule has 0 amide bonds. The number of rotatable bonds is 5. The Bertz CT molecular complexity index is 1330. The van der Waals surface area contributed by atoms with Crippen molar-refractivity contribution < 1.29 is 14.3 Å². The van der Waals surface area contributed by atoms with Gasteiger partial charge in [0.1, 0.15) is 0 Å². The Morgan fingerprint density at radius 3 is 2.56 bits per heavy atom. The maximum atomic E-state index is 11.8. The number of ether oxygens (including phenoxy) is 2. The van der Waals surface area contributed by atoms with E-state index in [-0.39, 0.29) is 5.97 Å². The number of fused-ring (bicyclic) bond motifs is 3. The van der Waals surface area contributed by atoms with Crippen molar-refractivity contribution in [2.45, 2.75) is 24.1 Å². The molecule has 0 unspecified atom stereocenters. The summed E-state index contributed by atoms with van der Waals surface area (Å²) in [4.78, 5) is 16.5. The highest BCUT2D eigenvalue weighted by molar-refractivity contribution is 7.98. The van der Waals surface area contributed by atoms with E-state index in [2.05, 4.69) is 46.7 Å². The number of anilines is 1. The van der Waals surface area contributed by atoms with Gasteiger partial charge < -0.3 is 14.8 Å². The number of esters is 1. The van der Waals surface area contributed by atoms with E-state index in [1.54, 1.807) is 12.1 Å². The van der Waals surface area contributed by atoms with Gasteiger partial charge in [-0.3, -0.25) is 0 Å². The summed E-state index contributed by atoms with van der Waals surface area (Å²) < 4.78 is 11.1. The number of para-hydroxylation sites is 1. The molecule has 5 rings (SSSR count). The Balaban J connectivity index is 1.45. The van der Waals surface area contributed by atoms with Crippen LogP contribution < -0.4 is 10.1 Å². The molecule has 2 heterocycles. The summed E-state index contributed by atoms with van der Waals surface area (Å²) in [6.45, 7) is 2.07. The predicted octanol–water partition coefficient (Wildman–Crippen LogP) is 5.43. The van der Waals surface area contributed by atoms with Crippen LogP contribution in [-0.4, -0.2) is 28.3 Å². The van der Waals surface area contributed by atoms with Crippen molar-refractivity contribution in [2.75, 3.05) is 12.4 Å². The van der Waals surface area contributed by atoms with Crippen LogP contribution in [0.5, 0.6) is 5.88 Å². The summed E-state index contributed by atoms with van der Waals surface area (Å²) in [6, 6.07) is 23.3. The van der Waals surface area contributed by atoms with Crippen LogP contribution in [0.1, 0.15) is 33.3 Å². The molecule has 0 saturated carbocycles. The maximum Gasteiger partial charge on any atom is 0.337 e. The first-order chi connectivity index (χ1) is 16.6. The smallest absolute Gasteiger partial charge is 0.337 e. The van der Waals surface area contributed by atoms with Crippen molar-refractivity contribution in [3.63, 3.8) is 0 Å². The standard InChI is InChI=1S/C26H22N4O3S/c1-16-7-9-17(10-8-16)15-34-26-28-24-22(29-30-26)20-5-3-4-6-21(20)27-23(33-24)18-11-13-19(14-12-18)25(31)32-2/h3-14,23,27H,15H2,1-2H3/t23-/m1/s1. The summed E-state index contributed by atoms with van der Waals surface area (Å²) in [6.07, 6.45) is -0.527. The summed E-state index contributed by atoms with van der Waals surface area (Å²) in [5, 5.41) is 12.8. The molecule has 1 aromatic heterocycles. The number of methoxy groups -OCH3 is 1. The van der Waals surface area contributed by atoms with E-state index in [9.17, 15) is 4.79 Å². The summed E-state index contributed by atoms with van der Waals surface area (Å²) >= 11 is 1.51. The zero-order chi connectivity index (χ0) is 23.5. The molecule has 7 nitrogen and oxygen atoms in total. The van der Waals surface area contributed by atoms with Gasteiger partial charge >= 0.3 is 5.97 Å². The molecule has 0 radical (unpaired) electrons. The van der Waals surface area contributed by atoms with Gasteiger partial charge in [-0.05, 0) is 30.7 Å². The highest BCUT2D eigenvalue weighted by Crippen LogP contribution is 2.39. The van der Waals surface area contributed by atoms with Crippen LogP contribution in [0.15, 0.2) is 78.0 Å². The van der Waals surface area contributed by atoms with Crippen LogP contribution in [0.3, 0.4) is 0 Å². The van der Waals surface area contributed by atoms with Gasteiger partial charge in [0, 0.05) is 22.6 Å². The van der Waals surface area contributed by atoms with Gasteiger partial charge in [-0.15, -0.1) is 10.2 Å². The fraction of sp³-hybridized carbons (Fsp3) is 0.154. The van der Waals surface area contributed by atoms with E-state index in [4.69, 9.17) is 14.5 Å². The zero-order valence-corrected chi connectivity index (χ0v) is 19.5. The van der Waals surface area contributed by atoms with Crippen molar-refractivity contribution in [3.8, 4) is 17.1 Å². The number of carbonyl (C=O) groups excluding carboxylic acids is 1. The van der Waals surface area contributed by atoms with E-state index < -0.39 is 6.23 Å². The normalized spacial score (nSPS) is 14.1. The first-order valence-corrected chi connectivity index (χ1v) is 11.7. The van der Waals surface area contributed by atoms with Gasteiger partial charge in [-0.2, -0.15) is 4.98 Å². The van der Waals surface area contributed by atoms with Crippen LogP contribution in [0.2, 0.25) is 0 Å². The third-order valence-electron chi connectivity index (χ3n) is 5.46. The molecule has 0 bridgehead atoms. The largest absolute Gasteiger partial charge is 0.465 e. The third-order valence-corrected chi connectivity index (χ3v) is 6.37. The molecular formula is C26H22N4O3S. The lowest BCUT2D eigenvalue weighted by Gasteiger charge is -2.19. The van der Waals surface area contributed by atoms with Crippen LogP contribution in [0.4, 0.5) is 5.69 Å². The third kappa shape index (κ3) is 4.58. The lowest BCUT2D eigenvalue weighted by Crippen LogP contribution is -2.17. The molecule has 0 fully saturated rings. The Kier molecular flexibility index (Phi) is 6.14. The molecule has 1 aliphatic rings. The molecule has 1 aliphatic heterocycles. The monoisotopic (exact) mass is 470 g/mol. The molecule has 34 heavy (non-hydrogen) atoms. The molecule has 1 atom stereocenters. The minimum Gasteiger partial charge on any atom is -0.465 e. The van der Waals surface area contributed by atoms with Gasteiger partial charge in [-0.1, -0.05) is 71.9 Å². The second-order valence-electron chi connectivity index (χ2n) is 7.82. The Morgan fingerprint density at radius 1 is 1.03 bits per heavy atom. The first-order valence-electron chi connectivity index (χ1n) is 10.7. The molecular weight excluding hydrogens is 448 g/mol. The van der Waals surface area contributed by atoms with Crippen LogP contribution >= 0.6 is 11.8 Å². The van der Waals surface area contributed by atoms with Crippen molar-refractivity contribution >= 4 is 23.4 Å². The van der Waals surface area contributed by atoms with E-state index in [0.29, 0.717) is 22.3 Å². The maximum absolute atomic E-state index is 11.8. The SMILES string of the molecule is COC(=O)c1ccc([C@@H]2Nc3ccccc3-c3nnc(SCc4ccc(C)cc4)nc3O2)cc1. The fourth-order valence-electron chi connectivity index (χ4n) is 3.60. The number of carbonyl (C=O) groups is 1. The fourth-order valence-corrected chi connectivity index (χ4v) is 4.34. The Labute approximate surface area is 201 Å². The number of hydrogen-bond acceptors (Lipinski definition) is 8. The average Bonchev–Trinajstić information content (AvgIpc) is 3.04. The average molecular weight is 471 g/mol. The van der Waals surface area contributed by atoms with Gasteiger partial charge in [-0.25, -0.2) is 4.79 Å². The molecule has 1 N–H and O–H groups in total. The number of nitrogens with zero attached hydrogens (tertiary/aromatic N) is 3. The molecule has 3 aromatic carbocycles. The molecule has 0 spiro atoms. The summed E-state index contributed by atoms with van der Waals surface area (Å²) in [5.74, 6) is 0.749. The lowest BCUT2D eigenvalue weighted by molar-refractivity contribution is 0.0600. The van der Waals surface area contributed by atoms with Crippen LogP contribution in [0, 0.1) is 6.92 Å². The molecule has 0 saturated heterocycles. The molecule has 8 heteroatoms. The van der Waals surface area contributed by atoms with Gasteiger partial charge in [0.05, 0.1) is 12.7 Å². The number of aryl methyl sites for hydroxylation is 1. The number of benzene rings is 3. The van der Waals surface area contributed by atoms with E-state index in [1.807, 2.05) is 36.4 Å². The quantitative estimate of drug-likeness (QED) is 0.305. The second-order valence-corrected chi connectivity index (χ2v) is 8.77. The number of aromatic nitrogens is 3. The van der Waals surface area contributed by atoms with Crippen molar-refractivity contribution in [1.82, 2.24) is 15.2 Å². The summed E-state index contributed by atoms with van der Waals surface area (Å²) in [5.41, 5.74) is 6.02. The van der Waals surface area contributed by atoms with E-state index in [1.165, 1.54) is 30.0 Å². The van der Waals surface area contributed by atoms with Crippen molar-refractivity contribution in [1.29, 1.82) is 0 Å². The Hall–Kier alpha value is -3.91. The highest BCUT2D eigenvalue weighted by atomic mass is 32.2. The Morgan fingerprint density at radius 2 is 1.79 bits per heavy atom. The molecule has 170 valence electrons. The van der Waals surface area contributed by atoms with E-state index in [0.717, 1.165) is 22.6 Å². The lowest BCUT2D eigenvalue weighted by atomic mass is 10.1. The molecule has 4 aromatic rings. The summed E-state index contributed by atoms with van der Waals surface area (Å²) in [7, 11) is 1.36. The minimum atomic E-state index is -0.527. The van der Waals surface area contributed by atoms with Gasteiger partial charge in [0.2, 0.25) is 11.0 Å².